The highest BCUT2D eigenvalue weighted by molar-refractivity contribution is 7.89. The number of benzene rings is 2. The lowest BCUT2D eigenvalue weighted by Gasteiger charge is -2.16. The number of aryl methyl sites for hydroxylation is 1. The predicted octanol–water partition coefficient (Wildman–Crippen LogP) is 3.44. The molecule has 0 saturated carbocycles. The molecule has 1 aliphatic heterocycles. The predicted molar refractivity (Wildman–Crippen MR) is 109 cm³/mol. The second kappa shape index (κ2) is 9.21. The van der Waals surface area contributed by atoms with E-state index in [4.69, 9.17) is 4.74 Å². The van der Waals surface area contributed by atoms with Crippen molar-refractivity contribution in [2.45, 2.75) is 37.5 Å². The molecule has 0 atom stereocenters. The van der Waals surface area contributed by atoms with E-state index < -0.39 is 10.0 Å². The summed E-state index contributed by atoms with van der Waals surface area (Å²) in [6.45, 7) is 3.60. The zero-order valence-electron chi connectivity index (χ0n) is 16.1. The van der Waals surface area contributed by atoms with Crippen molar-refractivity contribution >= 4 is 21.6 Å². The number of rotatable bonds is 8. The van der Waals surface area contributed by atoms with Crippen LogP contribution in [0.5, 0.6) is 5.75 Å². The van der Waals surface area contributed by atoms with Crippen LogP contribution in [0.25, 0.3) is 0 Å². The maximum Gasteiger partial charge on any atom is 0.243 e. The fraction of sp³-hybridized carbons (Fsp3) is 0.381. The monoisotopic (exact) mass is 402 g/mol. The topological polar surface area (TPSA) is 75.7 Å². The van der Waals surface area contributed by atoms with Gasteiger partial charge in [0.05, 0.1) is 11.5 Å². The molecule has 0 bridgehead atoms. The first-order valence-corrected chi connectivity index (χ1v) is 11.1. The Kier molecular flexibility index (Phi) is 6.70. The van der Waals surface area contributed by atoms with Gasteiger partial charge in [0.25, 0.3) is 0 Å². The van der Waals surface area contributed by atoms with E-state index in [-0.39, 0.29) is 17.2 Å². The van der Waals surface area contributed by atoms with Gasteiger partial charge < -0.3 is 10.1 Å². The largest absolute Gasteiger partial charge is 0.494 e. The Morgan fingerprint density at radius 2 is 1.86 bits per heavy atom. The molecular formula is C21H26N2O4S. The van der Waals surface area contributed by atoms with Crippen molar-refractivity contribution < 1.29 is 17.9 Å². The third-order valence-electron chi connectivity index (χ3n) is 4.71. The zero-order valence-corrected chi connectivity index (χ0v) is 16.9. The Labute approximate surface area is 166 Å². The summed E-state index contributed by atoms with van der Waals surface area (Å²) in [6, 6.07) is 14.1. The molecule has 2 aromatic carbocycles. The van der Waals surface area contributed by atoms with Crippen LogP contribution in [0.4, 0.5) is 5.69 Å². The van der Waals surface area contributed by atoms with Gasteiger partial charge in [0, 0.05) is 25.2 Å². The molecule has 28 heavy (non-hydrogen) atoms. The van der Waals surface area contributed by atoms with E-state index in [1.54, 1.807) is 18.2 Å². The lowest BCUT2D eigenvalue weighted by atomic mass is 10.1. The Morgan fingerprint density at radius 3 is 2.61 bits per heavy atom. The maximum absolute atomic E-state index is 12.7. The Bertz CT molecular complexity index is 922. The van der Waals surface area contributed by atoms with Crippen molar-refractivity contribution in [3.8, 4) is 5.75 Å². The fourth-order valence-electron chi connectivity index (χ4n) is 3.29. The van der Waals surface area contributed by atoms with Gasteiger partial charge in [-0.3, -0.25) is 4.79 Å². The number of nitrogens with one attached hydrogen (secondary N) is 1. The average Bonchev–Trinajstić information content (AvgIpc) is 3.23. The summed E-state index contributed by atoms with van der Waals surface area (Å²) < 4.78 is 32.4. The zero-order chi connectivity index (χ0) is 20.0. The number of hydrogen-bond donors (Lipinski definition) is 1. The molecule has 1 N–H and O–H groups in total. The first-order chi connectivity index (χ1) is 13.5. The van der Waals surface area contributed by atoms with Crippen LogP contribution in [-0.2, 0) is 21.2 Å². The van der Waals surface area contributed by atoms with E-state index in [0.717, 1.165) is 24.2 Å². The number of hydrogen-bond acceptors (Lipinski definition) is 4. The number of carbonyl (C=O) groups excluding carboxylic acids is 1. The summed E-state index contributed by atoms with van der Waals surface area (Å²) in [5.41, 5.74) is 1.47. The van der Waals surface area contributed by atoms with Gasteiger partial charge in [0.1, 0.15) is 5.75 Å². The molecule has 1 saturated heterocycles. The van der Waals surface area contributed by atoms with Gasteiger partial charge in [0.15, 0.2) is 0 Å². The van der Waals surface area contributed by atoms with Crippen LogP contribution in [0.3, 0.4) is 0 Å². The molecule has 3 rings (SSSR count). The summed E-state index contributed by atoms with van der Waals surface area (Å²) in [7, 11) is -3.50. The Hall–Kier alpha value is -2.38. The van der Waals surface area contributed by atoms with Crippen molar-refractivity contribution in [2.75, 3.05) is 25.0 Å². The van der Waals surface area contributed by atoms with E-state index in [2.05, 4.69) is 5.32 Å². The molecule has 150 valence electrons. The summed E-state index contributed by atoms with van der Waals surface area (Å²) >= 11 is 0. The molecule has 1 fully saturated rings. The van der Waals surface area contributed by atoms with Gasteiger partial charge in [-0.25, -0.2) is 8.42 Å². The molecular weight excluding hydrogens is 376 g/mol. The van der Waals surface area contributed by atoms with Gasteiger partial charge >= 0.3 is 0 Å². The molecule has 1 heterocycles. The van der Waals surface area contributed by atoms with Gasteiger partial charge in [-0.2, -0.15) is 4.31 Å². The quantitative estimate of drug-likeness (QED) is 0.734. The van der Waals surface area contributed by atoms with Crippen LogP contribution in [0.2, 0.25) is 0 Å². The number of anilines is 1. The van der Waals surface area contributed by atoms with Gasteiger partial charge in [-0.05, 0) is 56.0 Å². The number of nitrogens with zero attached hydrogens (tertiary/aromatic N) is 1. The normalized spacial score (nSPS) is 14.8. The van der Waals surface area contributed by atoms with Crippen molar-refractivity contribution in [1.82, 2.24) is 4.31 Å². The lowest BCUT2D eigenvalue weighted by molar-refractivity contribution is -0.116. The van der Waals surface area contributed by atoms with Crippen molar-refractivity contribution in [3.05, 3.63) is 54.1 Å². The van der Waals surface area contributed by atoms with Crippen molar-refractivity contribution in [3.63, 3.8) is 0 Å². The highest BCUT2D eigenvalue weighted by Gasteiger charge is 2.27. The fourth-order valence-corrected chi connectivity index (χ4v) is 4.85. The molecule has 2 aromatic rings. The Balaban J connectivity index is 1.63. The molecule has 0 spiro atoms. The number of para-hydroxylation sites is 1. The smallest absolute Gasteiger partial charge is 0.243 e. The second-order valence-electron chi connectivity index (χ2n) is 6.73. The molecule has 0 aliphatic carbocycles. The average molecular weight is 403 g/mol. The second-order valence-corrected chi connectivity index (χ2v) is 8.67. The van der Waals surface area contributed by atoms with E-state index in [9.17, 15) is 13.2 Å². The Morgan fingerprint density at radius 1 is 1.11 bits per heavy atom. The van der Waals surface area contributed by atoms with Crippen LogP contribution in [0, 0.1) is 0 Å². The number of ether oxygens (including phenoxy) is 1. The molecule has 6 nitrogen and oxygen atoms in total. The first-order valence-electron chi connectivity index (χ1n) is 9.61. The van der Waals surface area contributed by atoms with Crippen LogP contribution < -0.4 is 10.1 Å². The lowest BCUT2D eigenvalue weighted by Crippen LogP contribution is -2.27. The number of amides is 1. The van der Waals surface area contributed by atoms with E-state index in [1.165, 1.54) is 10.4 Å². The van der Waals surface area contributed by atoms with Gasteiger partial charge in [0.2, 0.25) is 15.9 Å². The van der Waals surface area contributed by atoms with Crippen molar-refractivity contribution in [2.24, 2.45) is 0 Å². The minimum atomic E-state index is -3.50. The molecule has 7 heteroatoms. The highest BCUT2D eigenvalue weighted by atomic mass is 32.2. The van der Waals surface area contributed by atoms with Crippen LogP contribution >= 0.6 is 0 Å². The van der Waals surface area contributed by atoms with E-state index in [0.29, 0.717) is 31.8 Å². The van der Waals surface area contributed by atoms with Crippen molar-refractivity contribution in [1.29, 1.82) is 0 Å². The standard InChI is InChI=1S/C21H26N2O4S/c1-2-27-20-11-4-3-8-17(20)12-13-21(24)22-18-9-7-10-19(16-18)28(25,26)23-14-5-6-15-23/h3-4,7-11,16H,2,5-6,12-15H2,1H3,(H,22,24). The summed E-state index contributed by atoms with van der Waals surface area (Å²) in [4.78, 5) is 12.6. The van der Waals surface area contributed by atoms with Crippen LogP contribution in [-0.4, -0.2) is 38.3 Å². The molecule has 1 aliphatic rings. The first kappa shape index (κ1) is 20.4. The number of sulfonamides is 1. The number of carbonyl (C=O) groups is 1. The minimum Gasteiger partial charge on any atom is -0.494 e. The summed E-state index contributed by atoms with van der Waals surface area (Å²) in [6.07, 6.45) is 2.61. The van der Waals surface area contributed by atoms with Gasteiger partial charge in [-0.1, -0.05) is 24.3 Å². The molecule has 0 radical (unpaired) electrons. The SMILES string of the molecule is CCOc1ccccc1CCC(=O)Nc1cccc(S(=O)(=O)N2CCCC2)c1. The van der Waals surface area contributed by atoms with Crippen LogP contribution in [0.1, 0.15) is 31.7 Å². The van der Waals surface area contributed by atoms with E-state index >= 15 is 0 Å². The van der Waals surface area contributed by atoms with Crippen LogP contribution in [0.15, 0.2) is 53.4 Å². The highest BCUT2D eigenvalue weighted by Crippen LogP contribution is 2.24. The minimum absolute atomic E-state index is 0.165. The molecule has 0 aromatic heterocycles. The third kappa shape index (κ3) is 4.91. The maximum atomic E-state index is 12.7. The van der Waals surface area contributed by atoms with Gasteiger partial charge in [-0.15, -0.1) is 0 Å². The molecule has 1 amide bonds. The third-order valence-corrected chi connectivity index (χ3v) is 6.61. The summed E-state index contributed by atoms with van der Waals surface area (Å²) in [5.74, 6) is 0.624. The summed E-state index contributed by atoms with van der Waals surface area (Å²) in [5, 5.41) is 2.80. The van der Waals surface area contributed by atoms with E-state index in [1.807, 2.05) is 31.2 Å². The molecule has 0 unspecified atom stereocenters.